The fraction of sp³-hybridized carbons (Fsp3) is 0.441. The summed E-state index contributed by atoms with van der Waals surface area (Å²) in [6, 6.07) is 10.0. The van der Waals surface area contributed by atoms with Crippen LogP contribution in [0.1, 0.15) is 86.3 Å². The van der Waals surface area contributed by atoms with Crippen LogP contribution in [0.2, 0.25) is 0 Å². The minimum absolute atomic E-state index is 0.00812. The van der Waals surface area contributed by atoms with Gasteiger partial charge in [-0.25, -0.2) is 9.78 Å². The average Bonchev–Trinajstić information content (AvgIpc) is 3.42. The van der Waals surface area contributed by atoms with Gasteiger partial charge in [-0.1, -0.05) is 45.0 Å². The average molecular weight is 575 g/mol. The van der Waals surface area contributed by atoms with Gasteiger partial charge < -0.3 is 19.5 Å². The molecule has 3 aromatic rings. The Morgan fingerprint density at radius 2 is 1.86 bits per heavy atom. The molecule has 0 aliphatic carbocycles. The molecule has 0 spiro atoms. The molecule has 8 heteroatoms. The van der Waals surface area contributed by atoms with Crippen molar-refractivity contribution in [3.8, 4) is 11.7 Å². The van der Waals surface area contributed by atoms with Crippen molar-refractivity contribution in [3.63, 3.8) is 0 Å². The number of aromatic carboxylic acids is 1. The third-order valence-corrected chi connectivity index (χ3v) is 7.76. The summed E-state index contributed by atoms with van der Waals surface area (Å²) in [5.74, 6) is 0.312. The third kappa shape index (κ3) is 7.48. The van der Waals surface area contributed by atoms with Crippen LogP contribution in [-0.4, -0.2) is 57.5 Å². The van der Waals surface area contributed by atoms with Crippen molar-refractivity contribution < 1.29 is 19.4 Å². The molecule has 0 saturated carbocycles. The van der Waals surface area contributed by atoms with Gasteiger partial charge in [0.15, 0.2) is 5.82 Å². The predicted molar refractivity (Wildman–Crippen MR) is 168 cm³/mol. The van der Waals surface area contributed by atoms with Crippen molar-refractivity contribution in [2.45, 2.75) is 74.3 Å². The number of aryl methyl sites for hydroxylation is 1. The van der Waals surface area contributed by atoms with Crippen molar-refractivity contribution in [1.82, 2.24) is 19.7 Å². The molecule has 0 fully saturated rings. The number of hydrogen-bond donors (Lipinski definition) is 1. The van der Waals surface area contributed by atoms with Crippen LogP contribution in [0.15, 0.2) is 53.9 Å². The first-order valence-electron chi connectivity index (χ1n) is 14.9. The topological polar surface area (TPSA) is 89.7 Å². The lowest BCUT2D eigenvalue weighted by Gasteiger charge is -2.21. The normalized spacial score (nSPS) is 12.5. The molecule has 8 nitrogen and oxygen atoms in total. The minimum atomic E-state index is -1.10. The summed E-state index contributed by atoms with van der Waals surface area (Å²) < 4.78 is 13.7. The largest absolute Gasteiger partial charge is 0.488 e. The Labute approximate surface area is 250 Å². The van der Waals surface area contributed by atoms with Crippen LogP contribution in [0.25, 0.3) is 11.4 Å². The quantitative estimate of drug-likeness (QED) is 0.154. The van der Waals surface area contributed by atoms with E-state index in [2.05, 4.69) is 63.8 Å². The zero-order valence-electron chi connectivity index (χ0n) is 26.5. The van der Waals surface area contributed by atoms with Crippen molar-refractivity contribution in [2.75, 3.05) is 26.7 Å². The van der Waals surface area contributed by atoms with Crippen LogP contribution in [-0.2, 0) is 24.2 Å². The Kier molecular flexibility index (Phi) is 11.9. The summed E-state index contributed by atoms with van der Waals surface area (Å²) >= 11 is 0. The summed E-state index contributed by atoms with van der Waals surface area (Å²) in [6.45, 7) is 17.4. The van der Waals surface area contributed by atoms with E-state index in [4.69, 9.17) is 14.5 Å². The summed E-state index contributed by atoms with van der Waals surface area (Å²) in [6.07, 6.45) is 6.14. The monoisotopic (exact) mass is 574 g/mol. The smallest absolute Gasteiger partial charge is 0.342 e. The Hall–Kier alpha value is -3.91. The Morgan fingerprint density at radius 3 is 2.48 bits per heavy atom. The molecule has 0 atom stereocenters. The number of ether oxygens (including phenoxy) is 2. The van der Waals surface area contributed by atoms with E-state index >= 15 is 0 Å². The van der Waals surface area contributed by atoms with Gasteiger partial charge in [-0.2, -0.15) is 9.78 Å². The summed E-state index contributed by atoms with van der Waals surface area (Å²) in [7, 11) is 2.16. The molecule has 42 heavy (non-hydrogen) atoms. The maximum absolute atomic E-state index is 11.7. The highest BCUT2D eigenvalue weighted by Gasteiger charge is 2.21. The van der Waals surface area contributed by atoms with Crippen LogP contribution in [0.3, 0.4) is 0 Å². The number of aromatic nitrogens is 3. The van der Waals surface area contributed by atoms with Gasteiger partial charge in [-0.3, -0.25) is 0 Å². The SMILES string of the molecule is C/C=C(\C(OCc1ccc(CC)c(CCN(C)CC)c1C)=C(\C)CC)c1cccc(-n2ncc(C(=O)O)c2OCC)n1. The van der Waals surface area contributed by atoms with Crippen LogP contribution in [0.4, 0.5) is 0 Å². The van der Waals surface area contributed by atoms with Crippen LogP contribution in [0, 0.1) is 6.92 Å². The second-order valence-electron chi connectivity index (χ2n) is 10.3. The standard InChI is InChI=1S/C34H46N4O4/c1-9-23(6)32(42-22-26-18-17-25(10-2)28(24(26)7)19-20-37(8)12-4)27(11-3)30-15-14-16-31(36-30)38-33(41-13-5)29(21-35-38)34(39)40/h11,14-18,21H,9-10,12-13,19-20,22H2,1-8H3,(H,39,40)/b27-11-,32-23+. The summed E-state index contributed by atoms with van der Waals surface area (Å²) in [5, 5.41) is 13.9. The van der Waals surface area contributed by atoms with Crippen molar-refractivity contribution >= 4 is 11.5 Å². The van der Waals surface area contributed by atoms with Crippen molar-refractivity contribution in [1.29, 1.82) is 0 Å². The molecule has 1 aromatic carbocycles. The van der Waals surface area contributed by atoms with E-state index in [1.807, 2.05) is 25.1 Å². The summed E-state index contributed by atoms with van der Waals surface area (Å²) in [5.41, 5.74) is 7.97. The van der Waals surface area contributed by atoms with E-state index in [0.717, 1.165) is 49.3 Å². The molecule has 2 aromatic heterocycles. The summed E-state index contributed by atoms with van der Waals surface area (Å²) in [4.78, 5) is 18.9. The molecule has 0 aliphatic heterocycles. The first-order valence-corrected chi connectivity index (χ1v) is 14.9. The number of nitrogens with zero attached hydrogens (tertiary/aromatic N) is 4. The van der Waals surface area contributed by atoms with Crippen LogP contribution in [0.5, 0.6) is 5.88 Å². The molecular weight excluding hydrogens is 528 g/mol. The molecule has 0 aliphatic rings. The third-order valence-electron chi connectivity index (χ3n) is 7.76. The predicted octanol–water partition coefficient (Wildman–Crippen LogP) is 7.03. The van der Waals surface area contributed by atoms with Gasteiger partial charge in [-0.15, -0.1) is 0 Å². The number of carboxylic acids is 1. The second kappa shape index (κ2) is 15.4. The fourth-order valence-electron chi connectivity index (χ4n) is 4.91. The van der Waals surface area contributed by atoms with Crippen LogP contribution < -0.4 is 4.74 Å². The minimum Gasteiger partial charge on any atom is -0.488 e. The van der Waals surface area contributed by atoms with E-state index in [-0.39, 0.29) is 11.4 Å². The Balaban J connectivity index is 1.96. The van der Waals surface area contributed by atoms with Gasteiger partial charge in [0.25, 0.3) is 0 Å². The first kappa shape index (κ1) is 32.6. The number of benzene rings is 1. The van der Waals surface area contributed by atoms with Crippen LogP contribution >= 0.6 is 0 Å². The van der Waals surface area contributed by atoms with E-state index in [0.29, 0.717) is 24.7 Å². The highest BCUT2D eigenvalue weighted by atomic mass is 16.5. The number of likely N-dealkylation sites (N-methyl/N-ethyl adjacent to an activating group) is 1. The van der Waals surface area contributed by atoms with Crippen molar-refractivity contribution in [2.24, 2.45) is 0 Å². The maximum Gasteiger partial charge on any atom is 0.342 e. The Bertz CT molecular complexity index is 1440. The van der Waals surface area contributed by atoms with Gasteiger partial charge in [0.1, 0.15) is 17.9 Å². The second-order valence-corrected chi connectivity index (χ2v) is 10.3. The molecule has 226 valence electrons. The van der Waals surface area contributed by atoms with Gasteiger partial charge in [0, 0.05) is 12.1 Å². The molecule has 0 saturated heterocycles. The maximum atomic E-state index is 11.7. The lowest BCUT2D eigenvalue weighted by Crippen LogP contribution is -2.21. The van der Waals surface area contributed by atoms with Crippen molar-refractivity contribution in [3.05, 3.63) is 87.4 Å². The Morgan fingerprint density at radius 1 is 1.12 bits per heavy atom. The van der Waals surface area contributed by atoms with E-state index < -0.39 is 5.97 Å². The molecule has 3 rings (SSSR count). The van der Waals surface area contributed by atoms with E-state index in [1.54, 1.807) is 13.0 Å². The van der Waals surface area contributed by atoms with E-state index in [9.17, 15) is 9.90 Å². The molecule has 1 N–H and O–H groups in total. The lowest BCUT2D eigenvalue weighted by atomic mass is 9.93. The molecule has 0 unspecified atom stereocenters. The highest BCUT2D eigenvalue weighted by Crippen LogP contribution is 2.31. The van der Waals surface area contributed by atoms with E-state index in [1.165, 1.54) is 33.1 Å². The molecule has 0 radical (unpaired) electrons. The number of hydrogen-bond acceptors (Lipinski definition) is 6. The van der Waals surface area contributed by atoms with Gasteiger partial charge >= 0.3 is 5.97 Å². The zero-order chi connectivity index (χ0) is 30.8. The molecular formula is C34H46N4O4. The molecule has 0 bridgehead atoms. The van der Waals surface area contributed by atoms with Gasteiger partial charge in [0.2, 0.25) is 5.88 Å². The number of rotatable bonds is 15. The number of carbonyl (C=O) groups is 1. The number of allylic oxidation sites excluding steroid dienone is 3. The molecule has 0 amide bonds. The number of carboxylic acid groups (broad SMARTS) is 1. The van der Waals surface area contributed by atoms with Gasteiger partial charge in [-0.05, 0) is 101 Å². The van der Waals surface area contributed by atoms with Gasteiger partial charge in [0.05, 0.1) is 18.5 Å². The number of pyridine rings is 1. The lowest BCUT2D eigenvalue weighted by molar-refractivity contribution is 0.0692. The highest BCUT2D eigenvalue weighted by molar-refractivity contribution is 5.90. The molecule has 2 heterocycles. The fourth-order valence-corrected chi connectivity index (χ4v) is 4.91. The zero-order valence-corrected chi connectivity index (χ0v) is 26.5. The first-order chi connectivity index (χ1) is 20.2.